The molecular weight excluding hydrogens is 204 g/mol. The van der Waals surface area contributed by atoms with Crippen molar-refractivity contribution in [3.05, 3.63) is 0 Å². The van der Waals surface area contributed by atoms with Crippen LogP contribution in [0.4, 0.5) is 0 Å². The minimum absolute atomic E-state index is 0.680. The maximum Gasteiger partial charge on any atom is 0.157 e. The Hall–Kier alpha value is -0.180. The van der Waals surface area contributed by atoms with Crippen LogP contribution >= 0.6 is 11.8 Å². The summed E-state index contributed by atoms with van der Waals surface area (Å²) in [6, 6.07) is 0.698. The first-order valence-corrected chi connectivity index (χ1v) is 7.13. The van der Waals surface area contributed by atoms with Crippen LogP contribution in [-0.2, 0) is 0 Å². The predicted octanol–water partition coefficient (Wildman–Crippen LogP) is 3.04. The van der Waals surface area contributed by atoms with Crippen LogP contribution in [-0.4, -0.2) is 23.0 Å². The average molecular weight is 226 g/mol. The average Bonchev–Trinajstić information content (AvgIpc) is 2.65. The maximum atomic E-state index is 4.52. The number of thioether (sulfide) groups is 1. The fourth-order valence-electron chi connectivity index (χ4n) is 2.45. The van der Waals surface area contributed by atoms with Crippen LogP contribution < -0.4 is 5.32 Å². The Morgan fingerprint density at radius 2 is 2.07 bits per heavy atom. The third kappa shape index (κ3) is 3.13. The summed E-state index contributed by atoms with van der Waals surface area (Å²) in [4.78, 5) is 4.52. The van der Waals surface area contributed by atoms with Gasteiger partial charge in [-0.25, -0.2) is 0 Å². The quantitative estimate of drug-likeness (QED) is 0.782. The molecule has 3 heteroatoms. The topological polar surface area (TPSA) is 24.4 Å². The summed E-state index contributed by atoms with van der Waals surface area (Å²) in [5, 5.41) is 5.48. The van der Waals surface area contributed by atoms with E-state index in [2.05, 4.69) is 24.2 Å². The lowest BCUT2D eigenvalue weighted by atomic mass is 9.85. The Morgan fingerprint density at radius 1 is 1.33 bits per heavy atom. The van der Waals surface area contributed by atoms with E-state index in [4.69, 9.17) is 0 Å². The standard InChI is InChI=1S/C12H22N2S/c1-3-10-4-6-11(7-5-10)14-12-13-8-9(2)15-12/h9-11H,3-8H2,1-2H3,(H,13,14). The molecule has 2 nitrogen and oxygen atoms in total. The van der Waals surface area contributed by atoms with Crippen molar-refractivity contribution in [2.24, 2.45) is 10.9 Å². The maximum absolute atomic E-state index is 4.52. The first-order valence-electron chi connectivity index (χ1n) is 6.25. The lowest BCUT2D eigenvalue weighted by molar-refractivity contribution is 0.306. The number of aliphatic imine (C=N–C) groups is 1. The lowest BCUT2D eigenvalue weighted by Crippen LogP contribution is -2.35. The molecule has 1 aliphatic heterocycles. The third-order valence-electron chi connectivity index (χ3n) is 3.56. The Balaban J connectivity index is 1.73. The van der Waals surface area contributed by atoms with E-state index in [1.165, 1.54) is 37.3 Å². The fraction of sp³-hybridized carbons (Fsp3) is 0.917. The molecule has 0 radical (unpaired) electrons. The SMILES string of the molecule is CCC1CCC(NC2=NCC(C)S2)CC1. The Bertz CT molecular complexity index is 232. The summed E-state index contributed by atoms with van der Waals surface area (Å²) in [5.74, 6) is 0.986. The molecule has 0 saturated heterocycles. The molecular formula is C12H22N2S. The monoisotopic (exact) mass is 226 g/mol. The number of hydrogen-bond donors (Lipinski definition) is 1. The van der Waals surface area contributed by atoms with Gasteiger partial charge in [-0.3, -0.25) is 4.99 Å². The number of nitrogens with one attached hydrogen (secondary N) is 1. The van der Waals surface area contributed by atoms with Crippen molar-refractivity contribution in [2.45, 2.75) is 57.2 Å². The van der Waals surface area contributed by atoms with Crippen LogP contribution in [0, 0.1) is 5.92 Å². The van der Waals surface area contributed by atoms with Crippen molar-refractivity contribution in [1.29, 1.82) is 0 Å². The molecule has 1 heterocycles. The molecule has 86 valence electrons. The second-order valence-corrected chi connectivity index (χ2v) is 6.27. The first kappa shape index (κ1) is 11.3. The largest absolute Gasteiger partial charge is 0.362 e. The molecule has 0 aromatic carbocycles. The summed E-state index contributed by atoms with van der Waals surface area (Å²) in [7, 11) is 0. The molecule has 0 bridgehead atoms. The van der Waals surface area contributed by atoms with Gasteiger partial charge in [-0.15, -0.1) is 0 Å². The number of nitrogens with zero attached hydrogens (tertiary/aromatic N) is 1. The van der Waals surface area contributed by atoms with E-state index in [0.717, 1.165) is 12.5 Å². The summed E-state index contributed by atoms with van der Waals surface area (Å²) in [5.41, 5.74) is 0. The molecule has 1 N–H and O–H groups in total. The minimum atomic E-state index is 0.680. The summed E-state index contributed by atoms with van der Waals surface area (Å²) in [6.45, 7) is 5.56. The van der Waals surface area contributed by atoms with Gasteiger partial charge in [-0.1, -0.05) is 32.0 Å². The van der Waals surface area contributed by atoms with Gasteiger partial charge in [0.05, 0.1) is 6.54 Å². The summed E-state index contributed by atoms with van der Waals surface area (Å²) in [6.07, 6.45) is 6.85. The molecule has 1 unspecified atom stereocenters. The molecule has 2 rings (SSSR count). The van der Waals surface area contributed by atoms with Gasteiger partial charge in [0.15, 0.2) is 5.17 Å². The third-order valence-corrected chi connectivity index (χ3v) is 4.58. The molecule has 15 heavy (non-hydrogen) atoms. The second kappa shape index (κ2) is 5.24. The lowest BCUT2D eigenvalue weighted by Gasteiger charge is -2.28. The number of rotatable bonds is 2. The summed E-state index contributed by atoms with van der Waals surface area (Å²) < 4.78 is 0. The van der Waals surface area contributed by atoms with Crippen LogP contribution in [0.2, 0.25) is 0 Å². The van der Waals surface area contributed by atoms with Crippen molar-refractivity contribution >= 4 is 16.9 Å². The van der Waals surface area contributed by atoms with Crippen LogP contribution in [0.1, 0.15) is 46.0 Å². The molecule has 0 amide bonds. The molecule has 0 aromatic heterocycles. The van der Waals surface area contributed by atoms with Gasteiger partial charge in [0.25, 0.3) is 0 Å². The molecule has 1 fully saturated rings. The van der Waals surface area contributed by atoms with Gasteiger partial charge in [0.2, 0.25) is 0 Å². The van der Waals surface area contributed by atoms with E-state index in [0.29, 0.717) is 11.3 Å². The number of hydrogen-bond acceptors (Lipinski definition) is 3. The molecule has 1 saturated carbocycles. The smallest absolute Gasteiger partial charge is 0.157 e. The number of amidine groups is 1. The van der Waals surface area contributed by atoms with Gasteiger partial charge in [-0.05, 0) is 31.6 Å². The van der Waals surface area contributed by atoms with E-state index in [9.17, 15) is 0 Å². The highest BCUT2D eigenvalue weighted by Gasteiger charge is 2.23. The van der Waals surface area contributed by atoms with Gasteiger partial charge in [0, 0.05) is 11.3 Å². The Kier molecular flexibility index (Phi) is 3.95. The normalized spacial score (nSPS) is 36.4. The molecule has 1 atom stereocenters. The van der Waals surface area contributed by atoms with Gasteiger partial charge < -0.3 is 5.32 Å². The van der Waals surface area contributed by atoms with Crippen molar-refractivity contribution in [3.63, 3.8) is 0 Å². The van der Waals surface area contributed by atoms with E-state index in [1.54, 1.807) is 0 Å². The second-order valence-electron chi connectivity index (χ2n) is 4.84. The molecule has 0 spiro atoms. The van der Waals surface area contributed by atoms with Crippen molar-refractivity contribution in [3.8, 4) is 0 Å². The van der Waals surface area contributed by atoms with Crippen molar-refractivity contribution in [2.75, 3.05) is 6.54 Å². The summed E-state index contributed by atoms with van der Waals surface area (Å²) >= 11 is 1.90. The van der Waals surface area contributed by atoms with Crippen LogP contribution in [0.25, 0.3) is 0 Å². The van der Waals surface area contributed by atoms with Crippen LogP contribution in [0.15, 0.2) is 4.99 Å². The molecule has 0 aromatic rings. The van der Waals surface area contributed by atoms with E-state index >= 15 is 0 Å². The van der Waals surface area contributed by atoms with E-state index < -0.39 is 0 Å². The molecule has 2 aliphatic rings. The van der Waals surface area contributed by atoms with Gasteiger partial charge in [-0.2, -0.15) is 0 Å². The van der Waals surface area contributed by atoms with E-state index in [-0.39, 0.29) is 0 Å². The fourth-order valence-corrected chi connectivity index (χ4v) is 3.36. The Labute approximate surface area is 97.3 Å². The van der Waals surface area contributed by atoms with Crippen molar-refractivity contribution in [1.82, 2.24) is 5.32 Å². The van der Waals surface area contributed by atoms with Crippen LogP contribution in [0.5, 0.6) is 0 Å². The highest BCUT2D eigenvalue weighted by atomic mass is 32.2. The first-order chi connectivity index (χ1) is 7.28. The highest BCUT2D eigenvalue weighted by molar-refractivity contribution is 8.14. The zero-order chi connectivity index (χ0) is 10.7. The van der Waals surface area contributed by atoms with Crippen LogP contribution in [0.3, 0.4) is 0 Å². The Morgan fingerprint density at radius 3 is 2.60 bits per heavy atom. The highest BCUT2D eigenvalue weighted by Crippen LogP contribution is 2.28. The van der Waals surface area contributed by atoms with Gasteiger partial charge in [0.1, 0.15) is 0 Å². The minimum Gasteiger partial charge on any atom is -0.362 e. The van der Waals surface area contributed by atoms with Crippen molar-refractivity contribution < 1.29 is 0 Å². The zero-order valence-corrected chi connectivity index (χ0v) is 10.6. The van der Waals surface area contributed by atoms with Gasteiger partial charge >= 0.3 is 0 Å². The zero-order valence-electron chi connectivity index (χ0n) is 9.83. The predicted molar refractivity (Wildman–Crippen MR) is 68.5 cm³/mol. The molecule has 1 aliphatic carbocycles. The van der Waals surface area contributed by atoms with E-state index in [1.807, 2.05) is 11.8 Å².